The molecule has 162 valence electrons. The van der Waals surface area contributed by atoms with Crippen LogP contribution in [-0.2, 0) is 19.6 Å². The number of amides is 1. The summed E-state index contributed by atoms with van der Waals surface area (Å²) in [5.74, 6) is -1.21. The van der Waals surface area contributed by atoms with Gasteiger partial charge in [-0.1, -0.05) is 29.9 Å². The number of fused-ring (bicyclic) bond motifs is 1. The molecule has 0 radical (unpaired) electrons. The summed E-state index contributed by atoms with van der Waals surface area (Å²) in [5.41, 5.74) is 0.949. The van der Waals surface area contributed by atoms with E-state index in [2.05, 4.69) is 10.3 Å². The first-order valence-corrected chi connectivity index (χ1v) is 12.1. The number of aromatic nitrogens is 1. The molecule has 1 aliphatic rings. The summed E-state index contributed by atoms with van der Waals surface area (Å²) in [6, 6.07) is 13.1. The second-order valence-corrected chi connectivity index (χ2v) is 10.1. The number of thiazole rings is 1. The molecule has 0 bridgehead atoms. The Morgan fingerprint density at radius 2 is 1.74 bits per heavy atom. The summed E-state index contributed by atoms with van der Waals surface area (Å²) in [5, 5.41) is 3.04. The van der Waals surface area contributed by atoms with Crippen LogP contribution in [0.5, 0.6) is 0 Å². The van der Waals surface area contributed by atoms with Crippen LogP contribution < -0.4 is 5.32 Å². The smallest absolute Gasteiger partial charge is 0.338 e. The fourth-order valence-corrected chi connectivity index (χ4v) is 5.71. The van der Waals surface area contributed by atoms with Gasteiger partial charge in [-0.05, 0) is 49.2 Å². The Hall–Kier alpha value is -2.82. The van der Waals surface area contributed by atoms with Crippen LogP contribution >= 0.6 is 11.3 Å². The molecule has 1 N–H and O–H groups in total. The number of sulfonamides is 1. The van der Waals surface area contributed by atoms with E-state index in [0.29, 0.717) is 18.2 Å². The Labute approximate surface area is 183 Å². The molecule has 0 aliphatic carbocycles. The minimum absolute atomic E-state index is 0.138. The maximum absolute atomic E-state index is 12.7. The normalized spacial score (nSPS) is 15.0. The first-order valence-electron chi connectivity index (χ1n) is 9.86. The van der Waals surface area contributed by atoms with Gasteiger partial charge in [0.2, 0.25) is 10.0 Å². The maximum atomic E-state index is 12.7. The number of piperidine rings is 1. The van der Waals surface area contributed by atoms with Gasteiger partial charge >= 0.3 is 5.97 Å². The molecule has 0 unspecified atom stereocenters. The summed E-state index contributed by atoms with van der Waals surface area (Å²) >= 11 is 1.33. The number of ether oxygens (including phenoxy) is 1. The Bertz CT molecular complexity index is 1170. The van der Waals surface area contributed by atoms with E-state index in [-0.39, 0.29) is 10.5 Å². The van der Waals surface area contributed by atoms with Crippen molar-refractivity contribution in [3.8, 4) is 0 Å². The molecule has 1 aromatic heterocycles. The molecule has 8 nitrogen and oxygen atoms in total. The van der Waals surface area contributed by atoms with Gasteiger partial charge in [-0.15, -0.1) is 0 Å². The minimum atomic E-state index is -3.56. The first kappa shape index (κ1) is 21.4. The van der Waals surface area contributed by atoms with Gasteiger partial charge in [-0.3, -0.25) is 10.1 Å². The molecular weight excluding hydrogens is 438 g/mol. The third-order valence-electron chi connectivity index (χ3n) is 4.92. The van der Waals surface area contributed by atoms with Crippen LogP contribution in [0.4, 0.5) is 5.13 Å². The third kappa shape index (κ3) is 4.92. The summed E-state index contributed by atoms with van der Waals surface area (Å²) in [7, 11) is -3.56. The monoisotopic (exact) mass is 459 g/mol. The second kappa shape index (κ2) is 9.13. The van der Waals surface area contributed by atoms with E-state index in [9.17, 15) is 18.0 Å². The molecular formula is C21H21N3O5S2. The number of para-hydroxylation sites is 1. The number of esters is 1. The van der Waals surface area contributed by atoms with Crippen molar-refractivity contribution >= 4 is 48.6 Å². The zero-order valence-corrected chi connectivity index (χ0v) is 18.2. The average molecular weight is 460 g/mol. The summed E-state index contributed by atoms with van der Waals surface area (Å²) in [4.78, 5) is 28.7. The molecule has 10 heteroatoms. The summed E-state index contributed by atoms with van der Waals surface area (Å²) in [6.07, 6.45) is 2.73. The number of nitrogens with one attached hydrogen (secondary N) is 1. The molecule has 31 heavy (non-hydrogen) atoms. The van der Waals surface area contributed by atoms with Crippen molar-refractivity contribution < 1.29 is 22.7 Å². The van der Waals surface area contributed by atoms with Gasteiger partial charge in [0.05, 0.1) is 20.7 Å². The highest BCUT2D eigenvalue weighted by Crippen LogP contribution is 2.25. The number of carbonyl (C=O) groups excluding carboxylic acids is 2. The van der Waals surface area contributed by atoms with E-state index >= 15 is 0 Å². The highest BCUT2D eigenvalue weighted by atomic mass is 32.2. The number of hydrogen-bond acceptors (Lipinski definition) is 7. The van der Waals surface area contributed by atoms with Gasteiger partial charge in [-0.25, -0.2) is 18.2 Å². The summed E-state index contributed by atoms with van der Waals surface area (Å²) < 4.78 is 32.8. The van der Waals surface area contributed by atoms with E-state index < -0.39 is 28.5 Å². The van der Waals surface area contributed by atoms with Crippen LogP contribution in [0.25, 0.3) is 10.2 Å². The third-order valence-corrected chi connectivity index (χ3v) is 7.78. The Morgan fingerprint density at radius 1 is 1.03 bits per heavy atom. The molecule has 1 amide bonds. The quantitative estimate of drug-likeness (QED) is 0.567. The molecule has 0 spiro atoms. The van der Waals surface area contributed by atoms with Crippen LogP contribution in [0.3, 0.4) is 0 Å². The van der Waals surface area contributed by atoms with Gasteiger partial charge in [0.25, 0.3) is 5.91 Å². The molecule has 4 rings (SSSR count). The SMILES string of the molecule is O=C(COC(=O)c1ccc(S(=O)(=O)N2CCCCC2)cc1)Nc1nc2ccccc2s1. The molecule has 1 fully saturated rings. The van der Waals surface area contributed by atoms with Gasteiger partial charge < -0.3 is 4.74 Å². The van der Waals surface area contributed by atoms with Crippen molar-refractivity contribution in [2.24, 2.45) is 0 Å². The van der Waals surface area contributed by atoms with Crippen molar-refractivity contribution in [3.63, 3.8) is 0 Å². The molecule has 0 saturated carbocycles. The lowest BCUT2D eigenvalue weighted by Gasteiger charge is -2.25. The predicted octanol–water partition coefficient (Wildman–Crippen LogP) is 3.27. The molecule has 1 saturated heterocycles. The van der Waals surface area contributed by atoms with Crippen LogP contribution in [0, 0.1) is 0 Å². The van der Waals surface area contributed by atoms with Crippen molar-refractivity contribution in [3.05, 3.63) is 54.1 Å². The van der Waals surface area contributed by atoms with Crippen LogP contribution in [0.15, 0.2) is 53.4 Å². The van der Waals surface area contributed by atoms with E-state index in [4.69, 9.17) is 4.74 Å². The van der Waals surface area contributed by atoms with E-state index in [1.165, 1.54) is 39.9 Å². The molecule has 3 aromatic rings. The van der Waals surface area contributed by atoms with Gasteiger partial charge in [0.15, 0.2) is 11.7 Å². The van der Waals surface area contributed by atoms with Gasteiger partial charge in [0.1, 0.15) is 0 Å². The number of rotatable bonds is 6. The number of nitrogens with zero attached hydrogens (tertiary/aromatic N) is 2. The predicted molar refractivity (Wildman–Crippen MR) is 118 cm³/mol. The topological polar surface area (TPSA) is 106 Å². The fraction of sp³-hybridized carbons (Fsp3) is 0.286. The van der Waals surface area contributed by atoms with Crippen molar-refractivity contribution in [1.82, 2.24) is 9.29 Å². The first-order chi connectivity index (χ1) is 14.9. The Kier molecular flexibility index (Phi) is 6.30. The largest absolute Gasteiger partial charge is 0.452 e. The van der Waals surface area contributed by atoms with Crippen molar-refractivity contribution in [1.29, 1.82) is 0 Å². The van der Waals surface area contributed by atoms with Crippen LogP contribution in [0.2, 0.25) is 0 Å². The van der Waals surface area contributed by atoms with Crippen molar-refractivity contribution in [2.75, 3.05) is 25.0 Å². The molecule has 2 aromatic carbocycles. The standard InChI is InChI=1S/C21H21N3O5S2/c25-19(23-21-22-17-6-2-3-7-18(17)30-21)14-29-20(26)15-8-10-16(11-9-15)31(27,28)24-12-4-1-5-13-24/h2-3,6-11H,1,4-5,12-14H2,(H,22,23,25). The molecule has 2 heterocycles. The Balaban J connectivity index is 1.33. The van der Waals surface area contributed by atoms with Gasteiger partial charge in [-0.2, -0.15) is 4.31 Å². The average Bonchev–Trinajstić information content (AvgIpc) is 3.20. The molecule has 1 aliphatic heterocycles. The zero-order valence-electron chi connectivity index (χ0n) is 16.6. The van der Waals surface area contributed by atoms with Crippen molar-refractivity contribution in [2.45, 2.75) is 24.2 Å². The highest BCUT2D eigenvalue weighted by Gasteiger charge is 2.26. The minimum Gasteiger partial charge on any atom is -0.452 e. The lowest BCUT2D eigenvalue weighted by atomic mass is 10.2. The highest BCUT2D eigenvalue weighted by molar-refractivity contribution is 7.89. The lowest BCUT2D eigenvalue weighted by Crippen LogP contribution is -2.35. The van der Waals surface area contributed by atoms with E-state index in [1.54, 1.807) is 0 Å². The van der Waals surface area contributed by atoms with Gasteiger partial charge in [0, 0.05) is 13.1 Å². The Morgan fingerprint density at radius 3 is 2.45 bits per heavy atom. The fourth-order valence-electron chi connectivity index (χ4n) is 3.31. The van der Waals surface area contributed by atoms with E-state index in [1.807, 2.05) is 24.3 Å². The summed E-state index contributed by atoms with van der Waals surface area (Å²) in [6.45, 7) is 0.550. The number of carbonyl (C=O) groups is 2. The lowest BCUT2D eigenvalue weighted by molar-refractivity contribution is -0.119. The number of hydrogen-bond donors (Lipinski definition) is 1. The van der Waals surface area contributed by atoms with Crippen LogP contribution in [0.1, 0.15) is 29.6 Å². The molecule has 0 atom stereocenters. The number of anilines is 1. The van der Waals surface area contributed by atoms with Crippen LogP contribution in [-0.4, -0.2) is 49.3 Å². The van der Waals surface area contributed by atoms with E-state index in [0.717, 1.165) is 29.5 Å². The number of benzene rings is 2. The maximum Gasteiger partial charge on any atom is 0.338 e. The zero-order chi connectivity index (χ0) is 21.8. The second-order valence-electron chi connectivity index (χ2n) is 7.10.